The van der Waals surface area contributed by atoms with E-state index in [0.717, 1.165) is 55.8 Å². The molecule has 0 radical (unpaired) electrons. The number of amides is 1. The van der Waals surface area contributed by atoms with Crippen molar-refractivity contribution in [2.45, 2.75) is 39.0 Å². The number of aryl methyl sites for hydroxylation is 1. The quantitative estimate of drug-likeness (QED) is 0.841. The van der Waals surface area contributed by atoms with Crippen LogP contribution in [0.4, 0.5) is 5.13 Å². The molecule has 0 N–H and O–H groups in total. The molecule has 1 aromatic rings. The molecule has 3 fully saturated rings. The second-order valence-corrected chi connectivity index (χ2v) is 8.06. The van der Waals surface area contributed by atoms with E-state index in [1.165, 1.54) is 19.3 Å². The zero-order valence-corrected chi connectivity index (χ0v) is 14.1. The molecule has 2 bridgehead atoms. The summed E-state index contributed by atoms with van der Waals surface area (Å²) in [7, 11) is 0. The highest BCUT2D eigenvalue weighted by Gasteiger charge is 2.44. The number of thiazole rings is 1. The Morgan fingerprint density at radius 3 is 2.82 bits per heavy atom. The van der Waals surface area contributed by atoms with Crippen LogP contribution in [0.3, 0.4) is 0 Å². The van der Waals surface area contributed by atoms with Crippen LogP contribution in [0.2, 0.25) is 0 Å². The molecule has 1 aliphatic heterocycles. The van der Waals surface area contributed by atoms with Crippen LogP contribution < -0.4 is 4.90 Å². The van der Waals surface area contributed by atoms with Crippen LogP contribution in [-0.2, 0) is 4.79 Å². The largest absolute Gasteiger partial charge is 0.346 e. The summed E-state index contributed by atoms with van der Waals surface area (Å²) in [5.74, 6) is 2.33. The summed E-state index contributed by atoms with van der Waals surface area (Å²) < 4.78 is 0. The van der Waals surface area contributed by atoms with Crippen molar-refractivity contribution in [3.8, 4) is 0 Å². The number of hydrogen-bond donors (Lipinski definition) is 0. The van der Waals surface area contributed by atoms with E-state index in [1.807, 2.05) is 6.92 Å². The first-order valence-corrected chi connectivity index (χ1v) is 9.54. The molecule has 3 aliphatic rings. The Kier molecular flexibility index (Phi) is 3.84. The van der Waals surface area contributed by atoms with Crippen molar-refractivity contribution in [1.29, 1.82) is 0 Å². The molecule has 4 nitrogen and oxygen atoms in total. The topological polar surface area (TPSA) is 36.4 Å². The molecule has 120 valence electrons. The molecule has 1 amide bonds. The van der Waals surface area contributed by atoms with Gasteiger partial charge in [0.05, 0.1) is 5.69 Å². The minimum atomic E-state index is 0.340. The van der Waals surface area contributed by atoms with Crippen molar-refractivity contribution < 1.29 is 4.79 Å². The minimum absolute atomic E-state index is 0.340. The molecule has 1 aromatic heterocycles. The highest BCUT2D eigenvalue weighted by atomic mass is 32.1. The van der Waals surface area contributed by atoms with Crippen molar-refractivity contribution in [2.24, 2.45) is 17.8 Å². The third-order valence-corrected chi connectivity index (χ3v) is 6.76. The lowest BCUT2D eigenvalue weighted by Gasteiger charge is -2.28. The molecular formula is C17H25N3OS. The number of carbonyl (C=O) groups excluding carboxylic acids is 1. The molecular weight excluding hydrogens is 294 g/mol. The van der Waals surface area contributed by atoms with Gasteiger partial charge in [-0.25, -0.2) is 4.98 Å². The minimum Gasteiger partial charge on any atom is -0.346 e. The van der Waals surface area contributed by atoms with Gasteiger partial charge in [-0.05, 0) is 44.4 Å². The van der Waals surface area contributed by atoms with Gasteiger partial charge < -0.3 is 9.80 Å². The van der Waals surface area contributed by atoms with E-state index in [-0.39, 0.29) is 0 Å². The first-order valence-electron chi connectivity index (χ1n) is 8.66. The van der Waals surface area contributed by atoms with Crippen LogP contribution in [0.15, 0.2) is 5.38 Å². The summed E-state index contributed by atoms with van der Waals surface area (Å²) in [4.78, 5) is 22.0. The van der Waals surface area contributed by atoms with E-state index in [9.17, 15) is 4.79 Å². The third kappa shape index (κ3) is 2.64. The SMILES string of the molecule is Cc1csc(N2CCCN(C(=O)[C@@H]3C[C@H]4CC[C@H]3C4)CC2)n1. The van der Waals surface area contributed by atoms with E-state index >= 15 is 0 Å². The molecule has 5 heteroatoms. The van der Waals surface area contributed by atoms with E-state index in [0.29, 0.717) is 17.7 Å². The van der Waals surface area contributed by atoms with Gasteiger partial charge >= 0.3 is 0 Å². The predicted octanol–water partition coefficient (Wildman–Crippen LogP) is 2.93. The molecule has 0 spiro atoms. The molecule has 4 rings (SSSR count). The maximum atomic E-state index is 12.9. The summed E-state index contributed by atoms with van der Waals surface area (Å²) in [6, 6.07) is 0. The van der Waals surface area contributed by atoms with Gasteiger partial charge in [-0.2, -0.15) is 0 Å². The average molecular weight is 319 g/mol. The van der Waals surface area contributed by atoms with E-state index in [4.69, 9.17) is 0 Å². The summed E-state index contributed by atoms with van der Waals surface area (Å²) >= 11 is 1.72. The van der Waals surface area contributed by atoms with Crippen LogP contribution in [0.5, 0.6) is 0 Å². The van der Waals surface area contributed by atoms with E-state index in [1.54, 1.807) is 11.3 Å². The smallest absolute Gasteiger partial charge is 0.226 e. The number of fused-ring (bicyclic) bond motifs is 2. The van der Waals surface area contributed by atoms with Crippen molar-refractivity contribution >= 4 is 22.4 Å². The maximum Gasteiger partial charge on any atom is 0.226 e. The molecule has 2 aliphatic carbocycles. The lowest BCUT2D eigenvalue weighted by atomic mass is 9.87. The van der Waals surface area contributed by atoms with Gasteiger partial charge in [0.25, 0.3) is 0 Å². The standard InChI is InChI=1S/C17H25N3OS/c1-12-11-22-17(18-12)20-6-2-5-19(7-8-20)16(21)15-10-13-3-4-14(15)9-13/h11,13-15H,2-10H2,1H3/t13-,14-,15+/m0/s1. The number of rotatable bonds is 2. The fourth-order valence-electron chi connectivity index (χ4n) is 4.60. The normalized spacial score (nSPS) is 31.6. The van der Waals surface area contributed by atoms with E-state index < -0.39 is 0 Å². The van der Waals surface area contributed by atoms with Crippen LogP contribution >= 0.6 is 11.3 Å². The second kappa shape index (κ2) is 5.84. The van der Waals surface area contributed by atoms with Gasteiger partial charge in [-0.15, -0.1) is 11.3 Å². The number of aromatic nitrogens is 1. The zero-order chi connectivity index (χ0) is 15.1. The first kappa shape index (κ1) is 14.5. The first-order chi connectivity index (χ1) is 10.7. The van der Waals surface area contributed by atoms with Gasteiger partial charge in [0.2, 0.25) is 5.91 Å². The predicted molar refractivity (Wildman–Crippen MR) is 89.2 cm³/mol. The highest BCUT2D eigenvalue weighted by molar-refractivity contribution is 7.13. The zero-order valence-electron chi connectivity index (χ0n) is 13.3. The van der Waals surface area contributed by atoms with Crippen LogP contribution in [0.25, 0.3) is 0 Å². The van der Waals surface area contributed by atoms with Crippen LogP contribution in [-0.4, -0.2) is 42.0 Å². The van der Waals surface area contributed by atoms with Crippen molar-refractivity contribution in [3.63, 3.8) is 0 Å². The fraction of sp³-hybridized carbons (Fsp3) is 0.765. The number of hydrogen-bond acceptors (Lipinski definition) is 4. The molecule has 3 atom stereocenters. The lowest BCUT2D eigenvalue weighted by molar-refractivity contribution is -0.137. The Balaban J connectivity index is 1.39. The second-order valence-electron chi connectivity index (χ2n) is 7.22. The monoisotopic (exact) mass is 319 g/mol. The van der Waals surface area contributed by atoms with Crippen LogP contribution in [0.1, 0.15) is 37.8 Å². The molecule has 22 heavy (non-hydrogen) atoms. The van der Waals surface area contributed by atoms with Gasteiger partial charge in [0, 0.05) is 37.5 Å². The third-order valence-electron chi connectivity index (χ3n) is 5.74. The Bertz CT molecular complexity index is 558. The highest BCUT2D eigenvalue weighted by Crippen LogP contribution is 2.48. The Labute approximate surface area is 136 Å². The molecule has 0 aromatic carbocycles. The molecule has 1 saturated heterocycles. The molecule has 2 saturated carbocycles. The number of nitrogens with zero attached hydrogens (tertiary/aromatic N) is 3. The van der Waals surface area contributed by atoms with Crippen molar-refractivity contribution in [1.82, 2.24) is 9.88 Å². The van der Waals surface area contributed by atoms with Crippen molar-refractivity contribution in [2.75, 3.05) is 31.1 Å². The van der Waals surface area contributed by atoms with Gasteiger partial charge in [0.1, 0.15) is 0 Å². The number of anilines is 1. The Hall–Kier alpha value is -1.10. The van der Waals surface area contributed by atoms with Gasteiger partial charge in [-0.3, -0.25) is 4.79 Å². The average Bonchev–Trinajstić information content (AvgIpc) is 3.20. The lowest BCUT2D eigenvalue weighted by Crippen LogP contribution is -2.40. The number of carbonyl (C=O) groups is 1. The van der Waals surface area contributed by atoms with E-state index in [2.05, 4.69) is 20.2 Å². The summed E-state index contributed by atoms with van der Waals surface area (Å²) in [6.07, 6.45) is 6.19. The Morgan fingerprint density at radius 1 is 1.23 bits per heavy atom. The summed E-state index contributed by atoms with van der Waals surface area (Å²) in [5, 5.41) is 3.23. The molecule has 2 heterocycles. The molecule has 0 unspecified atom stereocenters. The summed E-state index contributed by atoms with van der Waals surface area (Å²) in [5.41, 5.74) is 1.10. The maximum absolute atomic E-state index is 12.9. The van der Waals surface area contributed by atoms with Crippen LogP contribution in [0, 0.1) is 24.7 Å². The van der Waals surface area contributed by atoms with Gasteiger partial charge in [-0.1, -0.05) is 6.42 Å². The van der Waals surface area contributed by atoms with Crippen molar-refractivity contribution in [3.05, 3.63) is 11.1 Å². The fourth-order valence-corrected chi connectivity index (χ4v) is 5.45. The Morgan fingerprint density at radius 2 is 2.14 bits per heavy atom. The van der Waals surface area contributed by atoms with Gasteiger partial charge in [0.15, 0.2) is 5.13 Å². The summed E-state index contributed by atoms with van der Waals surface area (Å²) in [6.45, 7) is 5.79.